The first kappa shape index (κ1) is 17.5. The van der Waals surface area contributed by atoms with Crippen LogP contribution in [0.15, 0.2) is 0 Å². The Labute approximate surface area is 127 Å². The summed E-state index contributed by atoms with van der Waals surface area (Å²) in [5.41, 5.74) is 2.18. The lowest BCUT2D eigenvalue weighted by atomic mass is 10.2. The molecule has 0 aliphatic carbocycles. The van der Waals surface area contributed by atoms with Gasteiger partial charge in [0.15, 0.2) is 0 Å². The first-order chi connectivity index (χ1) is 9.90. The van der Waals surface area contributed by atoms with E-state index in [0.717, 1.165) is 31.0 Å². The summed E-state index contributed by atoms with van der Waals surface area (Å²) in [5, 5.41) is 10.7. The molecule has 6 nitrogen and oxygen atoms in total. The number of hydrogen-bond donors (Lipinski definition) is 2. The number of nitrogens with zero attached hydrogens (tertiary/aromatic N) is 3. The third kappa shape index (κ3) is 4.74. The van der Waals surface area contributed by atoms with Crippen LogP contribution < -0.4 is 15.5 Å². The van der Waals surface area contributed by atoms with Gasteiger partial charge in [-0.25, -0.2) is 0 Å². The van der Waals surface area contributed by atoms with Crippen molar-refractivity contribution < 1.29 is 4.79 Å². The third-order valence-corrected chi connectivity index (χ3v) is 3.41. The molecular weight excluding hydrogens is 266 g/mol. The number of aromatic nitrogens is 2. The maximum Gasteiger partial charge on any atom is 0.239 e. The van der Waals surface area contributed by atoms with E-state index in [1.165, 1.54) is 5.56 Å². The molecule has 0 fully saturated rings. The second-order valence-electron chi connectivity index (χ2n) is 5.64. The molecule has 6 heteroatoms. The Morgan fingerprint density at radius 2 is 2.10 bits per heavy atom. The quantitative estimate of drug-likeness (QED) is 0.756. The Balaban J connectivity index is 3.07. The van der Waals surface area contributed by atoms with Crippen LogP contribution in [-0.2, 0) is 18.4 Å². The predicted octanol–water partition coefficient (Wildman–Crippen LogP) is 1.19. The molecule has 1 amide bonds. The van der Waals surface area contributed by atoms with Gasteiger partial charge in [0.1, 0.15) is 5.82 Å². The van der Waals surface area contributed by atoms with E-state index in [-0.39, 0.29) is 5.91 Å². The van der Waals surface area contributed by atoms with Crippen LogP contribution in [-0.4, -0.2) is 41.9 Å². The molecule has 120 valence electrons. The summed E-state index contributed by atoms with van der Waals surface area (Å²) in [6.45, 7) is 10.3. The zero-order valence-electron chi connectivity index (χ0n) is 14.2. The van der Waals surface area contributed by atoms with Crippen molar-refractivity contribution in [2.45, 2.75) is 46.7 Å². The van der Waals surface area contributed by atoms with Crippen LogP contribution in [0.5, 0.6) is 0 Å². The highest BCUT2D eigenvalue weighted by Crippen LogP contribution is 2.23. The van der Waals surface area contributed by atoms with Gasteiger partial charge in [0.05, 0.1) is 12.2 Å². The number of rotatable bonds is 8. The maximum absolute atomic E-state index is 11.8. The summed E-state index contributed by atoms with van der Waals surface area (Å²) in [7, 11) is 3.61. The summed E-state index contributed by atoms with van der Waals surface area (Å²) in [4.78, 5) is 13.9. The van der Waals surface area contributed by atoms with Crippen LogP contribution in [0.4, 0.5) is 5.82 Å². The van der Waals surface area contributed by atoms with Crippen LogP contribution in [0.1, 0.15) is 38.4 Å². The first-order valence-corrected chi connectivity index (χ1v) is 7.62. The van der Waals surface area contributed by atoms with E-state index in [9.17, 15) is 4.79 Å². The first-order valence-electron chi connectivity index (χ1n) is 7.62. The lowest BCUT2D eigenvalue weighted by molar-refractivity contribution is -0.119. The van der Waals surface area contributed by atoms with Crippen molar-refractivity contribution in [3.8, 4) is 0 Å². The number of aryl methyl sites for hydroxylation is 2. The smallest absolute Gasteiger partial charge is 0.239 e. The van der Waals surface area contributed by atoms with Crippen molar-refractivity contribution in [1.82, 2.24) is 20.4 Å². The third-order valence-electron chi connectivity index (χ3n) is 3.41. The Kier molecular flexibility index (Phi) is 6.68. The summed E-state index contributed by atoms with van der Waals surface area (Å²) in [6.07, 6.45) is 0.984. The van der Waals surface area contributed by atoms with E-state index in [4.69, 9.17) is 0 Å². The molecule has 1 rings (SSSR count). The molecule has 0 saturated heterocycles. The lowest BCUT2D eigenvalue weighted by Crippen LogP contribution is -2.38. The Bertz CT molecular complexity index is 467. The number of nitrogens with one attached hydrogen (secondary N) is 2. The Morgan fingerprint density at radius 1 is 1.43 bits per heavy atom. The van der Waals surface area contributed by atoms with Gasteiger partial charge in [0.2, 0.25) is 5.91 Å². The van der Waals surface area contributed by atoms with Crippen LogP contribution in [0.3, 0.4) is 0 Å². The number of likely N-dealkylation sites (N-methyl/N-ethyl adjacent to an activating group) is 1. The molecular formula is C15H29N5O. The summed E-state index contributed by atoms with van der Waals surface area (Å²) in [5.74, 6) is 1.05. The van der Waals surface area contributed by atoms with Crippen LogP contribution in [0.25, 0.3) is 0 Å². The van der Waals surface area contributed by atoms with E-state index in [2.05, 4.69) is 41.4 Å². The van der Waals surface area contributed by atoms with Gasteiger partial charge in [0, 0.05) is 38.8 Å². The lowest BCUT2D eigenvalue weighted by Gasteiger charge is -2.25. The normalized spacial score (nSPS) is 11.0. The highest BCUT2D eigenvalue weighted by molar-refractivity contribution is 5.81. The van der Waals surface area contributed by atoms with Gasteiger partial charge in [-0.15, -0.1) is 0 Å². The van der Waals surface area contributed by atoms with Crippen LogP contribution in [0, 0.1) is 6.92 Å². The SMILES string of the molecule is CCCN(CC(=O)NC)c1c(CNC(C)C)c(C)nn1C. The molecule has 1 aromatic rings. The highest BCUT2D eigenvalue weighted by Gasteiger charge is 2.20. The van der Waals surface area contributed by atoms with Crippen LogP contribution >= 0.6 is 0 Å². The van der Waals surface area contributed by atoms with E-state index >= 15 is 0 Å². The van der Waals surface area contributed by atoms with E-state index in [1.807, 2.05) is 18.7 Å². The molecule has 0 saturated carbocycles. The van der Waals surface area contributed by atoms with Gasteiger partial charge in [0.25, 0.3) is 0 Å². The topological polar surface area (TPSA) is 62.2 Å². The molecule has 0 atom stereocenters. The number of carbonyl (C=O) groups is 1. The Hall–Kier alpha value is -1.56. The number of amides is 1. The predicted molar refractivity (Wildman–Crippen MR) is 86.5 cm³/mol. The van der Waals surface area contributed by atoms with Gasteiger partial charge in [-0.05, 0) is 13.3 Å². The summed E-state index contributed by atoms with van der Waals surface area (Å²) < 4.78 is 1.88. The van der Waals surface area contributed by atoms with E-state index in [1.54, 1.807) is 7.05 Å². The zero-order valence-corrected chi connectivity index (χ0v) is 14.2. The molecule has 0 aromatic carbocycles. The molecule has 0 spiro atoms. The number of carbonyl (C=O) groups excluding carboxylic acids is 1. The minimum atomic E-state index is 0.0186. The molecule has 21 heavy (non-hydrogen) atoms. The van der Waals surface area contributed by atoms with Crippen molar-refractivity contribution in [1.29, 1.82) is 0 Å². The average Bonchev–Trinajstić information content (AvgIpc) is 2.69. The van der Waals surface area contributed by atoms with Gasteiger partial charge >= 0.3 is 0 Å². The average molecular weight is 295 g/mol. The second-order valence-corrected chi connectivity index (χ2v) is 5.64. The van der Waals surface area contributed by atoms with Crippen molar-refractivity contribution in [2.75, 3.05) is 25.0 Å². The van der Waals surface area contributed by atoms with Gasteiger partial charge in [-0.3, -0.25) is 9.48 Å². The number of hydrogen-bond acceptors (Lipinski definition) is 4. The largest absolute Gasteiger partial charge is 0.358 e. The molecule has 1 heterocycles. The molecule has 0 radical (unpaired) electrons. The monoisotopic (exact) mass is 295 g/mol. The van der Waals surface area contributed by atoms with Gasteiger partial charge in [-0.1, -0.05) is 20.8 Å². The van der Waals surface area contributed by atoms with E-state index < -0.39 is 0 Å². The summed E-state index contributed by atoms with van der Waals surface area (Å²) in [6, 6.07) is 0.413. The highest BCUT2D eigenvalue weighted by atomic mass is 16.1. The fraction of sp³-hybridized carbons (Fsp3) is 0.733. The molecule has 0 bridgehead atoms. The minimum Gasteiger partial charge on any atom is -0.358 e. The van der Waals surface area contributed by atoms with Gasteiger partial charge < -0.3 is 15.5 Å². The van der Waals surface area contributed by atoms with Crippen LogP contribution in [0.2, 0.25) is 0 Å². The molecule has 2 N–H and O–H groups in total. The van der Waals surface area contributed by atoms with Gasteiger partial charge in [-0.2, -0.15) is 5.10 Å². The van der Waals surface area contributed by atoms with Crippen molar-refractivity contribution in [3.05, 3.63) is 11.3 Å². The van der Waals surface area contributed by atoms with E-state index in [0.29, 0.717) is 12.6 Å². The van der Waals surface area contributed by atoms with Crippen molar-refractivity contribution in [2.24, 2.45) is 7.05 Å². The maximum atomic E-state index is 11.8. The molecule has 0 aliphatic rings. The minimum absolute atomic E-state index is 0.0186. The zero-order chi connectivity index (χ0) is 16.0. The van der Waals surface area contributed by atoms with Crippen molar-refractivity contribution in [3.63, 3.8) is 0 Å². The molecule has 1 aromatic heterocycles. The second kappa shape index (κ2) is 8.02. The summed E-state index contributed by atoms with van der Waals surface area (Å²) >= 11 is 0. The molecule has 0 aliphatic heterocycles. The standard InChI is InChI=1S/C15H29N5O/c1-7-8-20(10-14(21)16-5)15-13(9-17-11(2)3)12(4)18-19(15)6/h11,17H,7-10H2,1-6H3,(H,16,21). The fourth-order valence-corrected chi connectivity index (χ4v) is 2.38. The Morgan fingerprint density at radius 3 is 2.62 bits per heavy atom. The number of anilines is 1. The molecule has 0 unspecified atom stereocenters. The van der Waals surface area contributed by atoms with Crippen molar-refractivity contribution >= 4 is 11.7 Å². The fourth-order valence-electron chi connectivity index (χ4n) is 2.38.